The second-order valence-corrected chi connectivity index (χ2v) is 8.14. The van der Waals surface area contributed by atoms with Gasteiger partial charge in [-0.05, 0) is 36.4 Å². The molecule has 2 amide bonds. The number of nitriles is 1. The third kappa shape index (κ3) is 4.37. The second-order valence-electron chi connectivity index (χ2n) is 6.20. The number of amides is 2. The molecule has 9 nitrogen and oxygen atoms in total. The Labute approximate surface area is 167 Å². The van der Waals surface area contributed by atoms with Gasteiger partial charge in [0.25, 0.3) is 5.91 Å². The van der Waals surface area contributed by atoms with Crippen molar-refractivity contribution >= 4 is 27.5 Å². The fourth-order valence-electron chi connectivity index (χ4n) is 2.84. The monoisotopic (exact) mass is 414 g/mol. The number of sulfonamides is 1. The minimum Gasteiger partial charge on any atom is -0.495 e. The zero-order valence-corrected chi connectivity index (χ0v) is 16.3. The third-order valence-corrected chi connectivity index (χ3v) is 6.16. The van der Waals surface area contributed by atoms with Crippen molar-refractivity contribution in [3.63, 3.8) is 0 Å². The van der Waals surface area contributed by atoms with Gasteiger partial charge in [-0.1, -0.05) is 6.07 Å². The standard InChI is InChI=1S/C19H18N4O5S/c1-28-17-6-5-13(11-20)9-16(17)22-19(25)14-3-2-4-15(10-14)29(26,27)23-8-7-21-18(24)12-23/h2-6,9-10H,7-8,12H2,1H3,(H,21,24)(H,22,25). The first-order valence-electron chi connectivity index (χ1n) is 8.61. The first-order chi connectivity index (χ1) is 13.8. The van der Waals surface area contributed by atoms with Crippen LogP contribution in [-0.4, -0.2) is 51.3 Å². The van der Waals surface area contributed by atoms with Crippen LogP contribution in [0.4, 0.5) is 5.69 Å². The van der Waals surface area contributed by atoms with Crippen LogP contribution in [0.25, 0.3) is 0 Å². The minimum atomic E-state index is -3.92. The molecule has 150 valence electrons. The normalized spacial score (nSPS) is 14.6. The highest BCUT2D eigenvalue weighted by Crippen LogP contribution is 2.26. The van der Waals surface area contributed by atoms with Gasteiger partial charge in [-0.2, -0.15) is 9.57 Å². The van der Waals surface area contributed by atoms with Gasteiger partial charge in [0.2, 0.25) is 15.9 Å². The lowest BCUT2D eigenvalue weighted by atomic mass is 10.1. The topological polar surface area (TPSA) is 129 Å². The Morgan fingerprint density at radius 3 is 2.76 bits per heavy atom. The average molecular weight is 414 g/mol. The summed E-state index contributed by atoms with van der Waals surface area (Å²) in [6, 6.07) is 12.1. The molecule has 2 N–H and O–H groups in total. The van der Waals surface area contributed by atoms with E-state index in [0.29, 0.717) is 11.3 Å². The van der Waals surface area contributed by atoms with E-state index in [-0.39, 0.29) is 41.7 Å². The predicted octanol–water partition coefficient (Wildman–Crippen LogP) is 0.940. The number of hydrogen-bond acceptors (Lipinski definition) is 6. The largest absolute Gasteiger partial charge is 0.495 e. The number of ether oxygens (including phenoxy) is 1. The molecule has 1 heterocycles. The fraction of sp³-hybridized carbons (Fsp3) is 0.211. The van der Waals surface area contributed by atoms with Crippen LogP contribution in [0.5, 0.6) is 5.75 Å². The zero-order valence-electron chi connectivity index (χ0n) is 15.5. The summed E-state index contributed by atoms with van der Waals surface area (Å²) in [5, 5.41) is 14.2. The van der Waals surface area contributed by atoms with Crippen LogP contribution in [-0.2, 0) is 14.8 Å². The summed E-state index contributed by atoms with van der Waals surface area (Å²) in [6.07, 6.45) is 0. The molecular weight excluding hydrogens is 396 g/mol. The summed E-state index contributed by atoms with van der Waals surface area (Å²) in [7, 11) is -2.49. The Kier molecular flexibility index (Phi) is 5.81. The van der Waals surface area contributed by atoms with Crippen LogP contribution in [0.2, 0.25) is 0 Å². The Morgan fingerprint density at radius 1 is 1.28 bits per heavy atom. The lowest BCUT2D eigenvalue weighted by Gasteiger charge is -2.26. The SMILES string of the molecule is COc1ccc(C#N)cc1NC(=O)c1cccc(S(=O)(=O)N2CCNC(=O)C2)c1. The summed E-state index contributed by atoms with van der Waals surface area (Å²) < 4.78 is 31.9. The van der Waals surface area contributed by atoms with E-state index in [2.05, 4.69) is 10.6 Å². The number of anilines is 1. The first kappa shape index (κ1) is 20.3. The molecule has 0 spiro atoms. The Hall–Kier alpha value is -3.42. The minimum absolute atomic E-state index is 0.0856. The van der Waals surface area contributed by atoms with E-state index in [1.165, 1.54) is 37.4 Å². The van der Waals surface area contributed by atoms with Crippen LogP contribution < -0.4 is 15.4 Å². The lowest BCUT2D eigenvalue weighted by molar-refractivity contribution is -0.122. The van der Waals surface area contributed by atoms with E-state index in [1.54, 1.807) is 12.1 Å². The van der Waals surface area contributed by atoms with Crippen molar-refractivity contribution in [3.8, 4) is 11.8 Å². The van der Waals surface area contributed by atoms with Crippen LogP contribution in [0.15, 0.2) is 47.4 Å². The summed E-state index contributed by atoms with van der Waals surface area (Å²) in [5.41, 5.74) is 0.732. The predicted molar refractivity (Wildman–Crippen MR) is 104 cm³/mol. The number of piperazine rings is 1. The molecule has 1 fully saturated rings. The average Bonchev–Trinajstić information content (AvgIpc) is 2.73. The maximum Gasteiger partial charge on any atom is 0.255 e. The van der Waals surface area contributed by atoms with Crippen molar-refractivity contribution in [1.82, 2.24) is 9.62 Å². The summed E-state index contributed by atoms with van der Waals surface area (Å²) in [5.74, 6) is -0.578. The Morgan fingerprint density at radius 2 is 2.07 bits per heavy atom. The van der Waals surface area contributed by atoms with E-state index in [9.17, 15) is 18.0 Å². The molecular formula is C19H18N4O5S. The van der Waals surface area contributed by atoms with E-state index >= 15 is 0 Å². The number of benzene rings is 2. The number of nitrogens with zero attached hydrogens (tertiary/aromatic N) is 2. The molecule has 1 aliphatic rings. The number of nitrogens with one attached hydrogen (secondary N) is 2. The maximum absolute atomic E-state index is 12.8. The second kappa shape index (κ2) is 8.30. The highest BCUT2D eigenvalue weighted by atomic mass is 32.2. The molecule has 1 aliphatic heterocycles. The highest BCUT2D eigenvalue weighted by molar-refractivity contribution is 7.89. The van der Waals surface area contributed by atoms with Gasteiger partial charge in [0.1, 0.15) is 5.75 Å². The molecule has 0 aliphatic carbocycles. The van der Waals surface area contributed by atoms with Crippen molar-refractivity contribution in [1.29, 1.82) is 5.26 Å². The number of methoxy groups -OCH3 is 1. The Balaban J connectivity index is 1.87. The summed E-state index contributed by atoms with van der Waals surface area (Å²) >= 11 is 0. The summed E-state index contributed by atoms with van der Waals surface area (Å²) in [6.45, 7) is 0.118. The van der Waals surface area contributed by atoms with Gasteiger partial charge in [-0.25, -0.2) is 8.42 Å². The van der Waals surface area contributed by atoms with Gasteiger partial charge in [-0.3, -0.25) is 9.59 Å². The van der Waals surface area contributed by atoms with Crippen molar-refractivity contribution in [2.24, 2.45) is 0 Å². The number of carbonyl (C=O) groups is 2. The van der Waals surface area contributed by atoms with E-state index in [4.69, 9.17) is 10.00 Å². The van der Waals surface area contributed by atoms with E-state index < -0.39 is 15.9 Å². The van der Waals surface area contributed by atoms with Crippen LogP contribution in [0.1, 0.15) is 15.9 Å². The van der Waals surface area contributed by atoms with Gasteiger partial charge in [-0.15, -0.1) is 0 Å². The van der Waals surface area contributed by atoms with E-state index in [1.807, 2.05) is 6.07 Å². The summed E-state index contributed by atoms with van der Waals surface area (Å²) in [4.78, 5) is 24.1. The first-order valence-corrected chi connectivity index (χ1v) is 10.1. The molecule has 0 atom stereocenters. The quantitative estimate of drug-likeness (QED) is 0.749. The van der Waals surface area contributed by atoms with Crippen molar-refractivity contribution < 1.29 is 22.7 Å². The molecule has 3 rings (SSSR count). The van der Waals surface area contributed by atoms with Gasteiger partial charge in [0, 0.05) is 18.7 Å². The lowest BCUT2D eigenvalue weighted by Crippen LogP contribution is -2.49. The third-order valence-electron chi connectivity index (χ3n) is 4.31. The van der Waals surface area contributed by atoms with Gasteiger partial charge < -0.3 is 15.4 Å². The van der Waals surface area contributed by atoms with Crippen molar-refractivity contribution in [2.45, 2.75) is 4.90 Å². The number of rotatable bonds is 5. The van der Waals surface area contributed by atoms with Crippen LogP contribution >= 0.6 is 0 Å². The molecule has 2 aromatic rings. The molecule has 29 heavy (non-hydrogen) atoms. The Bertz CT molecular complexity index is 1110. The van der Waals surface area contributed by atoms with Crippen LogP contribution in [0, 0.1) is 11.3 Å². The zero-order chi connectivity index (χ0) is 21.0. The molecule has 10 heteroatoms. The van der Waals surface area contributed by atoms with Crippen molar-refractivity contribution in [3.05, 3.63) is 53.6 Å². The molecule has 0 radical (unpaired) electrons. The van der Waals surface area contributed by atoms with E-state index in [0.717, 1.165) is 4.31 Å². The number of hydrogen-bond donors (Lipinski definition) is 2. The van der Waals surface area contributed by atoms with Gasteiger partial charge in [0.15, 0.2) is 0 Å². The smallest absolute Gasteiger partial charge is 0.255 e. The number of carbonyl (C=O) groups excluding carboxylic acids is 2. The van der Waals surface area contributed by atoms with Crippen LogP contribution in [0.3, 0.4) is 0 Å². The molecule has 0 saturated carbocycles. The highest BCUT2D eigenvalue weighted by Gasteiger charge is 2.29. The van der Waals surface area contributed by atoms with Gasteiger partial charge >= 0.3 is 0 Å². The molecule has 2 aromatic carbocycles. The fourth-order valence-corrected chi connectivity index (χ4v) is 4.28. The molecule has 0 aromatic heterocycles. The molecule has 1 saturated heterocycles. The molecule has 0 bridgehead atoms. The van der Waals surface area contributed by atoms with Crippen molar-refractivity contribution in [2.75, 3.05) is 32.1 Å². The maximum atomic E-state index is 12.8. The van der Waals surface area contributed by atoms with Gasteiger partial charge in [0.05, 0.1) is 35.9 Å². The molecule has 0 unspecified atom stereocenters.